The van der Waals surface area contributed by atoms with Gasteiger partial charge in [0.15, 0.2) is 5.96 Å². The number of thiazole rings is 1. The topological polar surface area (TPSA) is 49.3 Å². The fourth-order valence-corrected chi connectivity index (χ4v) is 5.13. The summed E-state index contributed by atoms with van der Waals surface area (Å²) in [6, 6.07) is 10.6. The second-order valence-electron chi connectivity index (χ2n) is 6.90. The fraction of sp³-hybridized carbons (Fsp3) is 0.500. The van der Waals surface area contributed by atoms with Crippen LogP contribution in [0, 0.1) is 0 Å². The number of aryl methyl sites for hydroxylation is 2. The van der Waals surface area contributed by atoms with Crippen molar-refractivity contribution < 1.29 is 0 Å². The Morgan fingerprint density at radius 1 is 1.23 bits per heavy atom. The number of guanidine groups is 1. The van der Waals surface area contributed by atoms with Crippen molar-refractivity contribution in [2.24, 2.45) is 4.99 Å². The number of thioether (sulfide) groups is 1. The van der Waals surface area contributed by atoms with Crippen LogP contribution in [0.25, 0.3) is 0 Å². The molecule has 2 aromatic rings. The second kappa shape index (κ2) is 9.42. The van der Waals surface area contributed by atoms with Gasteiger partial charge in [-0.2, -0.15) is 11.8 Å². The molecule has 0 amide bonds. The van der Waals surface area contributed by atoms with Gasteiger partial charge >= 0.3 is 0 Å². The number of benzene rings is 1. The van der Waals surface area contributed by atoms with Gasteiger partial charge in [0.2, 0.25) is 0 Å². The number of aliphatic imine (C=N–C) groups is 1. The number of nitrogens with zero attached hydrogens (tertiary/aromatic N) is 2. The van der Waals surface area contributed by atoms with Gasteiger partial charge in [-0.25, -0.2) is 4.98 Å². The summed E-state index contributed by atoms with van der Waals surface area (Å²) >= 11 is 3.81. The third-order valence-electron chi connectivity index (χ3n) is 4.66. The van der Waals surface area contributed by atoms with Gasteiger partial charge in [-0.05, 0) is 37.5 Å². The maximum Gasteiger partial charge on any atom is 0.191 e. The van der Waals surface area contributed by atoms with Crippen LogP contribution in [0.1, 0.15) is 36.0 Å². The molecule has 26 heavy (non-hydrogen) atoms. The molecular weight excluding hydrogens is 360 g/mol. The molecule has 1 fully saturated rings. The monoisotopic (exact) mass is 388 g/mol. The van der Waals surface area contributed by atoms with E-state index in [1.807, 2.05) is 7.05 Å². The molecule has 0 saturated carbocycles. The average Bonchev–Trinajstić information content (AvgIpc) is 3.30. The molecule has 0 bridgehead atoms. The van der Waals surface area contributed by atoms with Crippen LogP contribution in [0.4, 0.5) is 0 Å². The summed E-state index contributed by atoms with van der Waals surface area (Å²) in [7, 11) is 1.83. The van der Waals surface area contributed by atoms with Gasteiger partial charge in [0.1, 0.15) is 0 Å². The Bertz CT molecular complexity index is 706. The molecule has 1 aromatic heterocycles. The Morgan fingerprint density at radius 2 is 2.08 bits per heavy atom. The SMILES string of the molecule is CN=C(NCc1csc(CCc2ccccc2)n1)NCC1(C)CCCS1. The van der Waals surface area contributed by atoms with E-state index in [0.717, 1.165) is 31.0 Å². The molecule has 1 aliphatic rings. The van der Waals surface area contributed by atoms with E-state index in [1.165, 1.54) is 29.2 Å². The van der Waals surface area contributed by atoms with Crippen LogP contribution < -0.4 is 10.6 Å². The first kappa shape index (κ1) is 19.2. The lowest BCUT2D eigenvalue weighted by molar-refractivity contribution is 0.584. The van der Waals surface area contributed by atoms with Crippen LogP contribution in [0.15, 0.2) is 40.7 Å². The van der Waals surface area contributed by atoms with Gasteiger partial charge in [0.25, 0.3) is 0 Å². The molecule has 1 aromatic carbocycles. The quantitative estimate of drug-likeness (QED) is 0.558. The van der Waals surface area contributed by atoms with E-state index < -0.39 is 0 Å². The van der Waals surface area contributed by atoms with Gasteiger partial charge in [0.05, 0.1) is 17.2 Å². The third-order valence-corrected chi connectivity index (χ3v) is 7.16. The Balaban J connectivity index is 1.43. The first-order chi connectivity index (χ1) is 12.7. The van der Waals surface area contributed by atoms with E-state index >= 15 is 0 Å². The van der Waals surface area contributed by atoms with Crippen molar-refractivity contribution in [3.63, 3.8) is 0 Å². The molecule has 4 nitrogen and oxygen atoms in total. The molecule has 1 atom stereocenters. The summed E-state index contributed by atoms with van der Waals surface area (Å²) < 4.78 is 0.336. The van der Waals surface area contributed by atoms with Crippen molar-refractivity contribution in [1.82, 2.24) is 15.6 Å². The second-order valence-corrected chi connectivity index (χ2v) is 9.52. The van der Waals surface area contributed by atoms with Crippen molar-refractivity contribution in [2.75, 3.05) is 19.3 Å². The Kier molecular flexibility index (Phi) is 6.97. The highest BCUT2D eigenvalue weighted by Gasteiger charge is 2.29. The van der Waals surface area contributed by atoms with Gasteiger partial charge in [-0.3, -0.25) is 4.99 Å². The highest BCUT2D eigenvalue weighted by Crippen LogP contribution is 2.36. The first-order valence-corrected chi connectivity index (χ1v) is 11.1. The van der Waals surface area contributed by atoms with Gasteiger partial charge in [-0.1, -0.05) is 30.3 Å². The normalized spacial score (nSPS) is 20.3. The maximum absolute atomic E-state index is 4.75. The zero-order valence-electron chi connectivity index (χ0n) is 15.6. The van der Waals surface area contributed by atoms with Crippen molar-refractivity contribution in [2.45, 2.75) is 43.9 Å². The zero-order valence-corrected chi connectivity index (χ0v) is 17.3. The van der Waals surface area contributed by atoms with Crippen molar-refractivity contribution >= 4 is 29.1 Å². The Morgan fingerprint density at radius 3 is 2.81 bits per heavy atom. The molecular formula is C20H28N4S2. The highest BCUT2D eigenvalue weighted by molar-refractivity contribution is 8.00. The molecule has 0 spiro atoms. The molecule has 2 N–H and O–H groups in total. The molecule has 1 aliphatic heterocycles. The molecule has 0 radical (unpaired) electrons. The summed E-state index contributed by atoms with van der Waals surface area (Å²) in [6.45, 7) is 4.01. The van der Waals surface area contributed by atoms with Crippen LogP contribution in [0.3, 0.4) is 0 Å². The largest absolute Gasteiger partial charge is 0.355 e. The predicted octanol–water partition coefficient (Wildman–Crippen LogP) is 3.88. The molecule has 2 heterocycles. The van der Waals surface area contributed by atoms with Crippen LogP contribution in [-0.4, -0.2) is 35.0 Å². The van der Waals surface area contributed by atoms with Crippen LogP contribution >= 0.6 is 23.1 Å². The highest BCUT2D eigenvalue weighted by atomic mass is 32.2. The van der Waals surface area contributed by atoms with Crippen LogP contribution in [0.5, 0.6) is 0 Å². The smallest absolute Gasteiger partial charge is 0.191 e. The fourth-order valence-electron chi connectivity index (χ4n) is 3.08. The molecule has 140 valence electrons. The number of rotatable bonds is 7. The van der Waals surface area contributed by atoms with E-state index in [2.05, 4.69) is 70.0 Å². The Labute approximate surface area is 164 Å². The van der Waals surface area contributed by atoms with E-state index in [1.54, 1.807) is 11.3 Å². The molecule has 0 aliphatic carbocycles. The van der Waals surface area contributed by atoms with Crippen molar-refractivity contribution in [1.29, 1.82) is 0 Å². The van der Waals surface area contributed by atoms with Gasteiger partial charge in [-0.15, -0.1) is 11.3 Å². The van der Waals surface area contributed by atoms with E-state index in [4.69, 9.17) is 4.98 Å². The maximum atomic E-state index is 4.75. The average molecular weight is 389 g/mol. The third kappa shape index (κ3) is 5.74. The Hall–Kier alpha value is -1.53. The number of hydrogen-bond acceptors (Lipinski definition) is 4. The minimum absolute atomic E-state index is 0.336. The molecule has 1 saturated heterocycles. The predicted molar refractivity (Wildman–Crippen MR) is 114 cm³/mol. The minimum atomic E-state index is 0.336. The van der Waals surface area contributed by atoms with E-state index in [0.29, 0.717) is 11.3 Å². The van der Waals surface area contributed by atoms with Crippen molar-refractivity contribution in [3.05, 3.63) is 52.0 Å². The van der Waals surface area contributed by atoms with Crippen LogP contribution in [-0.2, 0) is 19.4 Å². The summed E-state index contributed by atoms with van der Waals surface area (Å²) in [6.07, 6.45) is 4.63. The number of nitrogens with one attached hydrogen (secondary N) is 2. The lowest BCUT2D eigenvalue weighted by Gasteiger charge is -2.24. The summed E-state index contributed by atoms with van der Waals surface area (Å²) in [5.74, 6) is 2.13. The lowest BCUT2D eigenvalue weighted by Crippen LogP contribution is -2.43. The number of aromatic nitrogens is 1. The summed E-state index contributed by atoms with van der Waals surface area (Å²) in [4.78, 5) is 9.09. The summed E-state index contributed by atoms with van der Waals surface area (Å²) in [5.41, 5.74) is 2.45. The minimum Gasteiger partial charge on any atom is -0.355 e. The van der Waals surface area contributed by atoms with Gasteiger partial charge in [0, 0.05) is 30.1 Å². The van der Waals surface area contributed by atoms with Crippen LogP contribution in [0.2, 0.25) is 0 Å². The van der Waals surface area contributed by atoms with Gasteiger partial charge < -0.3 is 10.6 Å². The summed E-state index contributed by atoms with van der Waals surface area (Å²) in [5, 5.41) is 10.2. The zero-order chi connectivity index (χ0) is 18.2. The molecule has 1 unspecified atom stereocenters. The first-order valence-electron chi connectivity index (χ1n) is 9.22. The molecule has 6 heteroatoms. The van der Waals surface area contributed by atoms with E-state index in [-0.39, 0.29) is 0 Å². The molecule has 3 rings (SSSR count). The number of hydrogen-bond donors (Lipinski definition) is 2. The lowest BCUT2D eigenvalue weighted by atomic mass is 10.1. The van der Waals surface area contributed by atoms with Crippen molar-refractivity contribution in [3.8, 4) is 0 Å². The van der Waals surface area contributed by atoms with E-state index in [9.17, 15) is 0 Å². The standard InChI is InChI=1S/C20H28N4S2/c1-20(11-6-12-26-20)15-23-19(21-2)22-13-17-14-25-18(24-17)10-9-16-7-4-3-5-8-16/h3-5,7-8,14H,6,9-13,15H2,1-2H3,(H2,21,22,23).